The minimum Gasteiger partial charge on any atom is -0.384 e. The minimum atomic E-state index is 0.494. The SMILES string of the molecule is Nc1[nH]ncc1-c1noc2ccccc12. The van der Waals surface area contributed by atoms with Crippen LogP contribution in [0.15, 0.2) is 35.0 Å². The van der Waals surface area contributed by atoms with Gasteiger partial charge in [-0.1, -0.05) is 17.3 Å². The maximum Gasteiger partial charge on any atom is 0.167 e. The first-order valence-corrected chi connectivity index (χ1v) is 4.50. The van der Waals surface area contributed by atoms with Gasteiger partial charge in [0.1, 0.15) is 11.5 Å². The maximum absolute atomic E-state index is 5.72. The van der Waals surface area contributed by atoms with Gasteiger partial charge in [-0.05, 0) is 12.1 Å². The van der Waals surface area contributed by atoms with Crippen LogP contribution in [0.2, 0.25) is 0 Å². The Bertz CT molecular complexity index is 610. The maximum atomic E-state index is 5.72. The fourth-order valence-electron chi connectivity index (χ4n) is 1.56. The van der Waals surface area contributed by atoms with E-state index >= 15 is 0 Å². The Morgan fingerprint density at radius 2 is 2.13 bits per heavy atom. The Morgan fingerprint density at radius 3 is 2.93 bits per heavy atom. The van der Waals surface area contributed by atoms with E-state index < -0.39 is 0 Å². The van der Waals surface area contributed by atoms with Crippen molar-refractivity contribution in [3.8, 4) is 11.3 Å². The third-order valence-corrected chi connectivity index (χ3v) is 2.30. The van der Waals surface area contributed by atoms with Gasteiger partial charge in [0.25, 0.3) is 0 Å². The lowest BCUT2D eigenvalue weighted by Gasteiger charge is -1.92. The van der Waals surface area contributed by atoms with Crippen LogP contribution in [0.4, 0.5) is 5.82 Å². The molecule has 15 heavy (non-hydrogen) atoms. The monoisotopic (exact) mass is 200 g/mol. The number of para-hydroxylation sites is 1. The van der Waals surface area contributed by atoms with E-state index in [4.69, 9.17) is 10.3 Å². The summed E-state index contributed by atoms with van der Waals surface area (Å²) in [6.45, 7) is 0. The molecule has 0 aliphatic carbocycles. The number of benzene rings is 1. The number of rotatable bonds is 1. The van der Waals surface area contributed by atoms with Gasteiger partial charge in [0.2, 0.25) is 0 Å². The summed E-state index contributed by atoms with van der Waals surface area (Å²) in [6.07, 6.45) is 1.64. The van der Waals surface area contributed by atoms with Crippen LogP contribution in [-0.4, -0.2) is 15.4 Å². The molecule has 0 unspecified atom stereocenters. The molecule has 3 rings (SSSR count). The molecule has 0 fully saturated rings. The Kier molecular flexibility index (Phi) is 1.53. The normalized spacial score (nSPS) is 10.9. The van der Waals surface area contributed by atoms with E-state index in [-0.39, 0.29) is 0 Å². The molecule has 5 heteroatoms. The fourth-order valence-corrected chi connectivity index (χ4v) is 1.56. The molecule has 3 N–H and O–H groups in total. The summed E-state index contributed by atoms with van der Waals surface area (Å²) in [5.41, 5.74) is 7.95. The van der Waals surface area contributed by atoms with Crippen LogP contribution in [0.25, 0.3) is 22.2 Å². The summed E-state index contributed by atoms with van der Waals surface area (Å²) in [5, 5.41) is 11.4. The molecule has 0 bridgehead atoms. The van der Waals surface area contributed by atoms with Crippen LogP contribution in [0.1, 0.15) is 0 Å². The average molecular weight is 200 g/mol. The molecule has 0 atom stereocenters. The van der Waals surface area contributed by atoms with Crippen LogP contribution in [0, 0.1) is 0 Å². The molecular weight excluding hydrogens is 192 g/mol. The van der Waals surface area contributed by atoms with E-state index in [0.29, 0.717) is 5.82 Å². The largest absolute Gasteiger partial charge is 0.384 e. The molecule has 0 saturated carbocycles. The number of nitrogens with zero attached hydrogens (tertiary/aromatic N) is 2. The van der Waals surface area contributed by atoms with E-state index in [1.807, 2.05) is 24.3 Å². The van der Waals surface area contributed by atoms with Crippen LogP contribution >= 0.6 is 0 Å². The number of aromatic nitrogens is 3. The molecule has 74 valence electrons. The first-order valence-electron chi connectivity index (χ1n) is 4.50. The molecule has 5 nitrogen and oxygen atoms in total. The summed E-state index contributed by atoms with van der Waals surface area (Å²) in [7, 11) is 0. The predicted octanol–water partition coefficient (Wildman–Crippen LogP) is 1.80. The number of anilines is 1. The number of nitrogens with one attached hydrogen (secondary N) is 1. The lowest BCUT2D eigenvalue weighted by molar-refractivity contribution is 0.459. The second-order valence-electron chi connectivity index (χ2n) is 3.22. The first kappa shape index (κ1) is 8.05. The van der Waals surface area contributed by atoms with E-state index in [0.717, 1.165) is 22.2 Å². The van der Waals surface area contributed by atoms with Crippen LogP contribution in [-0.2, 0) is 0 Å². The summed E-state index contributed by atoms with van der Waals surface area (Å²) >= 11 is 0. The van der Waals surface area contributed by atoms with Gasteiger partial charge in [-0.25, -0.2) is 0 Å². The van der Waals surface area contributed by atoms with Gasteiger partial charge < -0.3 is 10.3 Å². The van der Waals surface area contributed by atoms with Gasteiger partial charge in [-0.3, -0.25) is 5.10 Å². The molecule has 0 aliphatic heterocycles. The summed E-state index contributed by atoms with van der Waals surface area (Å²) in [5.74, 6) is 0.494. The molecule has 3 aromatic rings. The molecule has 0 spiro atoms. The number of aromatic amines is 1. The molecule has 2 heterocycles. The molecule has 2 aromatic heterocycles. The van der Waals surface area contributed by atoms with Crippen molar-refractivity contribution in [2.45, 2.75) is 0 Å². The van der Waals surface area contributed by atoms with Gasteiger partial charge in [0.05, 0.1) is 11.8 Å². The molecule has 0 amide bonds. The highest BCUT2D eigenvalue weighted by atomic mass is 16.5. The Labute approximate surface area is 84.9 Å². The van der Waals surface area contributed by atoms with E-state index in [2.05, 4.69) is 15.4 Å². The van der Waals surface area contributed by atoms with Crippen molar-refractivity contribution < 1.29 is 4.52 Å². The zero-order chi connectivity index (χ0) is 10.3. The number of hydrogen-bond acceptors (Lipinski definition) is 4. The lowest BCUT2D eigenvalue weighted by Crippen LogP contribution is -1.87. The van der Waals surface area contributed by atoms with Crippen molar-refractivity contribution in [3.05, 3.63) is 30.5 Å². The Morgan fingerprint density at radius 1 is 1.27 bits per heavy atom. The average Bonchev–Trinajstić information content (AvgIpc) is 2.83. The summed E-state index contributed by atoms with van der Waals surface area (Å²) in [4.78, 5) is 0. The van der Waals surface area contributed by atoms with Crippen molar-refractivity contribution in [3.63, 3.8) is 0 Å². The number of H-pyrrole nitrogens is 1. The molecule has 1 aromatic carbocycles. The fraction of sp³-hybridized carbons (Fsp3) is 0. The third kappa shape index (κ3) is 1.10. The Balaban J connectivity index is 2.32. The smallest absolute Gasteiger partial charge is 0.167 e. The van der Waals surface area contributed by atoms with Crippen LogP contribution in [0.3, 0.4) is 0 Å². The number of nitrogens with two attached hydrogens (primary N) is 1. The van der Waals surface area contributed by atoms with Gasteiger partial charge in [-0.15, -0.1) is 0 Å². The second kappa shape index (κ2) is 2.84. The van der Waals surface area contributed by atoms with Crippen LogP contribution in [0.5, 0.6) is 0 Å². The zero-order valence-corrected chi connectivity index (χ0v) is 7.77. The lowest BCUT2D eigenvalue weighted by atomic mass is 10.1. The number of nitrogen functional groups attached to an aromatic ring is 1. The van der Waals surface area contributed by atoms with Crippen molar-refractivity contribution >= 4 is 16.8 Å². The minimum absolute atomic E-state index is 0.494. The van der Waals surface area contributed by atoms with Gasteiger partial charge in [-0.2, -0.15) is 5.10 Å². The molecule has 0 aliphatic rings. The summed E-state index contributed by atoms with van der Waals surface area (Å²) < 4.78 is 5.18. The van der Waals surface area contributed by atoms with Crippen molar-refractivity contribution in [2.24, 2.45) is 0 Å². The standard InChI is InChI=1S/C10H8N4O/c11-10-7(5-12-13-10)9-6-3-1-2-4-8(6)15-14-9/h1-5H,(H3,11,12,13). The molecule has 0 saturated heterocycles. The quantitative estimate of drug-likeness (QED) is 0.627. The topological polar surface area (TPSA) is 80.7 Å². The highest BCUT2D eigenvalue weighted by Crippen LogP contribution is 2.29. The molecule has 0 radical (unpaired) electrons. The van der Waals surface area contributed by atoms with Gasteiger partial charge in [0.15, 0.2) is 5.58 Å². The van der Waals surface area contributed by atoms with Crippen LogP contribution < -0.4 is 5.73 Å². The van der Waals surface area contributed by atoms with E-state index in [9.17, 15) is 0 Å². The van der Waals surface area contributed by atoms with Crippen molar-refractivity contribution in [2.75, 3.05) is 5.73 Å². The van der Waals surface area contributed by atoms with Gasteiger partial charge in [0, 0.05) is 5.39 Å². The molecular formula is C10H8N4O. The van der Waals surface area contributed by atoms with Crippen molar-refractivity contribution in [1.82, 2.24) is 15.4 Å². The third-order valence-electron chi connectivity index (χ3n) is 2.30. The zero-order valence-electron chi connectivity index (χ0n) is 7.77. The van der Waals surface area contributed by atoms with Gasteiger partial charge >= 0.3 is 0 Å². The highest BCUT2D eigenvalue weighted by Gasteiger charge is 2.13. The first-order chi connectivity index (χ1) is 7.36. The predicted molar refractivity (Wildman–Crippen MR) is 56.0 cm³/mol. The Hall–Kier alpha value is -2.30. The van der Waals surface area contributed by atoms with Crippen molar-refractivity contribution in [1.29, 1.82) is 0 Å². The van der Waals surface area contributed by atoms with E-state index in [1.165, 1.54) is 0 Å². The number of fused-ring (bicyclic) bond motifs is 1. The van der Waals surface area contributed by atoms with E-state index in [1.54, 1.807) is 6.20 Å². The summed E-state index contributed by atoms with van der Waals surface area (Å²) in [6, 6.07) is 7.63. The highest BCUT2D eigenvalue weighted by molar-refractivity contribution is 5.93. The number of hydrogen-bond donors (Lipinski definition) is 2. The second-order valence-corrected chi connectivity index (χ2v) is 3.22.